The smallest absolute Gasteiger partial charge is 0.202 e. The van der Waals surface area contributed by atoms with Crippen molar-refractivity contribution in [1.29, 1.82) is 0 Å². The van der Waals surface area contributed by atoms with E-state index in [0.29, 0.717) is 33.3 Å². The first-order valence-electron chi connectivity index (χ1n) is 7.13. The first kappa shape index (κ1) is 14.0. The van der Waals surface area contributed by atoms with Crippen molar-refractivity contribution in [1.82, 2.24) is 4.57 Å². The minimum Gasteiger partial charge on any atom is -0.494 e. The van der Waals surface area contributed by atoms with E-state index in [-0.39, 0.29) is 29.4 Å². The Kier molecular flexibility index (Phi) is 2.97. The fourth-order valence-electron chi connectivity index (χ4n) is 3.81. The highest BCUT2D eigenvalue weighted by Crippen LogP contribution is 2.55. The maximum absolute atomic E-state index is 12.1. The van der Waals surface area contributed by atoms with Crippen molar-refractivity contribution < 1.29 is 15.0 Å². The number of carbonyl (C=O) groups is 1. The molecule has 3 aliphatic rings. The van der Waals surface area contributed by atoms with Gasteiger partial charge in [0, 0.05) is 33.5 Å². The molecule has 0 amide bonds. The Hall–Kier alpha value is -1.65. The lowest BCUT2D eigenvalue weighted by Crippen LogP contribution is -2.28. The zero-order chi connectivity index (χ0) is 15.6. The second kappa shape index (κ2) is 4.67. The highest BCUT2D eigenvalue weighted by molar-refractivity contribution is 6.34. The number of nitrogens with zero attached hydrogens (tertiary/aromatic N) is 1. The van der Waals surface area contributed by atoms with Gasteiger partial charge >= 0.3 is 0 Å². The van der Waals surface area contributed by atoms with Gasteiger partial charge in [0.05, 0.1) is 5.69 Å². The molecule has 0 spiro atoms. The van der Waals surface area contributed by atoms with E-state index in [9.17, 15) is 15.0 Å². The minimum absolute atomic E-state index is 0.0192. The van der Waals surface area contributed by atoms with Gasteiger partial charge < -0.3 is 10.2 Å². The van der Waals surface area contributed by atoms with Gasteiger partial charge in [-0.2, -0.15) is 0 Å². The third kappa shape index (κ3) is 1.80. The Morgan fingerprint density at radius 3 is 2.27 bits per heavy atom. The van der Waals surface area contributed by atoms with Crippen LogP contribution in [0, 0.1) is 0 Å². The zero-order valence-electron chi connectivity index (χ0n) is 11.5. The summed E-state index contributed by atoms with van der Waals surface area (Å²) in [5.74, 6) is -0.307. The van der Waals surface area contributed by atoms with Crippen LogP contribution >= 0.6 is 23.2 Å². The summed E-state index contributed by atoms with van der Waals surface area (Å²) >= 11 is 12.0. The molecule has 4 nitrogen and oxygen atoms in total. The number of ketones is 1. The predicted octanol–water partition coefficient (Wildman–Crippen LogP) is 4.13. The molecule has 1 heterocycles. The molecule has 2 atom stereocenters. The summed E-state index contributed by atoms with van der Waals surface area (Å²) in [5.41, 5.74) is 1.75. The molecule has 1 saturated carbocycles. The molecule has 2 aromatic rings. The largest absolute Gasteiger partial charge is 0.494 e. The van der Waals surface area contributed by atoms with Crippen LogP contribution in [0.1, 0.15) is 42.2 Å². The fourth-order valence-corrected chi connectivity index (χ4v) is 4.32. The molecule has 1 fully saturated rings. The number of hydrogen-bond acceptors (Lipinski definition) is 3. The van der Waals surface area contributed by atoms with E-state index in [2.05, 4.69) is 0 Å². The Balaban J connectivity index is 1.98. The topological polar surface area (TPSA) is 62.5 Å². The van der Waals surface area contributed by atoms with Gasteiger partial charge in [0.25, 0.3) is 0 Å². The molecule has 1 aromatic heterocycles. The number of fused-ring (bicyclic) bond motifs is 2. The Bertz CT molecular complexity index is 792. The van der Waals surface area contributed by atoms with E-state index in [1.807, 2.05) is 0 Å². The van der Waals surface area contributed by atoms with Gasteiger partial charge in [-0.15, -0.1) is 0 Å². The third-order valence-electron chi connectivity index (χ3n) is 4.70. The van der Waals surface area contributed by atoms with E-state index < -0.39 is 0 Å². The summed E-state index contributed by atoms with van der Waals surface area (Å²) in [6, 6.07) is 4.81. The van der Waals surface area contributed by atoms with Crippen LogP contribution in [-0.2, 0) is 4.79 Å². The average molecular weight is 338 g/mol. The lowest BCUT2D eigenvalue weighted by atomic mass is 9.67. The van der Waals surface area contributed by atoms with Crippen molar-refractivity contribution in [2.45, 2.75) is 31.1 Å². The number of aromatic hydroxyl groups is 2. The summed E-state index contributed by atoms with van der Waals surface area (Å²) in [5, 5.41) is 22.0. The van der Waals surface area contributed by atoms with Gasteiger partial charge in [-0.25, -0.2) is 0 Å². The Morgan fingerprint density at radius 2 is 1.64 bits per heavy atom. The van der Waals surface area contributed by atoms with Crippen molar-refractivity contribution in [2.24, 2.45) is 0 Å². The molecule has 2 bridgehead atoms. The molecule has 0 radical (unpaired) electrons. The van der Waals surface area contributed by atoms with Crippen LogP contribution in [0.25, 0.3) is 5.69 Å². The summed E-state index contributed by atoms with van der Waals surface area (Å²) in [7, 11) is 0. The fraction of sp³-hybridized carbons (Fsp3) is 0.312. The Morgan fingerprint density at radius 1 is 1.00 bits per heavy atom. The van der Waals surface area contributed by atoms with E-state index in [4.69, 9.17) is 23.2 Å². The second-order valence-corrected chi connectivity index (χ2v) is 6.81. The summed E-state index contributed by atoms with van der Waals surface area (Å²) in [6.45, 7) is 0. The van der Waals surface area contributed by atoms with Gasteiger partial charge in [-0.3, -0.25) is 9.36 Å². The molecular formula is C16H13Cl2NO3. The van der Waals surface area contributed by atoms with Crippen LogP contribution in [-0.4, -0.2) is 20.6 Å². The average Bonchev–Trinajstić information content (AvgIpc) is 2.72. The van der Waals surface area contributed by atoms with E-state index >= 15 is 0 Å². The molecule has 3 aliphatic carbocycles. The van der Waals surface area contributed by atoms with Gasteiger partial charge in [-0.1, -0.05) is 23.2 Å². The molecular weight excluding hydrogens is 325 g/mol. The van der Waals surface area contributed by atoms with E-state index in [1.165, 1.54) is 4.57 Å². The SMILES string of the molecule is O=C1C[C@@H]2CC[C@H]1c1c2c(O)n(-c2cc(Cl)cc(Cl)c2)c1O. The third-order valence-corrected chi connectivity index (χ3v) is 5.13. The summed E-state index contributed by atoms with van der Waals surface area (Å²) < 4.78 is 1.33. The van der Waals surface area contributed by atoms with E-state index in [0.717, 1.165) is 12.8 Å². The molecule has 1 aromatic carbocycles. The lowest BCUT2D eigenvalue weighted by Gasteiger charge is -2.34. The standard InChI is InChI=1S/C16H13Cl2NO3/c17-8-4-9(18)6-10(5-8)19-15(21)13-7-1-2-11(12(20)3-7)14(13)16(19)22/h4-7,11,21-22H,1-3H2/t7-,11+/m0/s1. The number of rotatable bonds is 1. The van der Waals surface area contributed by atoms with Crippen molar-refractivity contribution in [2.75, 3.05) is 0 Å². The molecule has 5 rings (SSSR count). The van der Waals surface area contributed by atoms with Crippen molar-refractivity contribution in [3.8, 4) is 17.4 Å². The van der Waals surface area contributed by atoms with E-state index in [1.54, 1.807) is 18.2 Å². The highest BCUT2D eigenvalue weighted by atomic mass is 35.5. The molecule has 2 N–H and O–H groups in total. The molecule has 114 valence electrons. The minimum atomic E-state index is -0.318. The van der Waals surface area contributed by atoms with Gasteiger partial charge in [-0.05, 0) is 37.0 Å². The summed E-state index contributed by atoms with van der Waals surface area (Å²) in [6.07, 6.45) is 2.02. The highest BCUT2D eigenvalue weighted by Gasteiger charge is 2.45. The number of benzene rings is 1. The van der Waals surface area contributed by atoms with Crippen LogP contribution in [0.4, 0.5) is 0 Å². The normalized spacial score (nSPS) is 22.9. The first-order chi connectivity index (χ1) is 10.5. The van der Waals surface area contributed by atoms with Crippen molar-refractivity contribution in [3.63, 3.8) is 0 Å². The predicted molar refractivity (Wildman–Crippen MR) is 83.5 cm³/mol. The maximum atomic E-state index is 12.1. The number of hydrogen-bond donors (Lipinski definition) is 2. The molecule has 0 aliphatic heterocycles. The van der Waals surface area contributed by atoms with Crippen LogP contribution in [0.3, 0.4) is 0 Å². The van der Waals surface area contributed by atoms with Gasteiger partial charge in [0.2, 0.25) is 11.8 Å². The number of Topliss-reactive ketones (excluding diaryl/α,β-unsaturated/α-hetero) is 1. The number of aromatic nitrogens is 1. The van der Waals surface area contributed by atoms with Crippen LogP contribution in [0.15, 0.2) is 18.2 Å². The van der Waals surface area contributed by atoms with Crippen LogP contribution in [0.2, 0.25) is 10.0 Å². The first-order valence-corrected chi connectivity index (χ1v) is 7.88. The summed E-state index contributed by atoms with van der Waals surface area (Å²) in [4.78, 5) is 12.1. The Labute approximate surface area is 136 Å². The molecule has 22 heavy (non-hydrogen) atoms. The van der Waals surface area contributed by atoms with Crippen molar-refractivity contribution >= 4 is 29.0 Å². The lowest BCUT2D eigenvalue weighted by molar-refractivity contribution is -0.123. The maximum Gasteiger partial charge on any atom is 0.202 e. The number of halogens is 2. The molecule has 6 heteroatoms. The van der Waals surface area contributed by atoms with Crippen LogP contribution < -0.4 is 0 Å². The monoisotopic (exact) mass is 337 g/mol. The van der Waals surface area contributed by atoms with Crippen molar-refractivity contribution in [3.05, 3.63) is 39.4 Å². The zero-order valence-corrected chi connectivity index (χ0v) is 13.0. The second-order valence-electron chi connectivity index (χ2n) is 5.93. The molecule has 0 unspecified atom stereocenters. The van der Waals surface area contributed by atoms with Crippen LogP contribution in [0.5, 0.6) is 11.8 Å². The number of carbonyl (C=O) groups excluding carboxylic acids is 1. The van der Waals surface area contributed by atoms with Gasteiger partial charge in [0.1, 0.15) is 5.78 Å². The van der Waals surface area contributed by atoms with Gasteiger partial charge in [0.15, 0.2) is 0 Å². The quantitative estimate of drug-likeness (QED) is 0.822. The molecule has 0 saturated heterocycles.